The van der Waals surface area contributed by atoms with Gasteiger partial charge in [-0.3, -0.25) is 4.79 Å². The molecule has 0 aromatic carbocycles. The molecule has 4 atom stereocenters. The van der Waals surface area contributed by atoms with Gasteiger partial charge in [-0.2, -0.15) is 0 Å². The number of esters is 3. The highest BCUT2D eigenvalue weighted by atomic mass is 16.6. The fourth-order valence-electron chi connectivity index (χ4n) is 3.16. The highest BCUT2D eigenvalue weighted by Gasteiger charge is 2.66. The number of carboxylic acid groups (broad SMARTS) is 1. The van der Waals surface area contributed by atoms with Crippen LogP contribution in [-0.4, -0.2) is 47.3 Å². The van der Waals surface area contributed by atoms with Crippen LogP contribution in [0.5, 0.6) is 0 Å². The second-order valence-electron chi connectivity index (χ2n) is 5.94. The van der Waals surface area contributed by atoms with E-state index in [1.807, 2.05) is 0 Å². The molecule has 4 unspecified atom stereocenters. The van der Waals surface area contributed by atoms with Gasteiger partial charge in [-0.25, -0.2) is 14.4 Å². The van der Waals surface area contributed by atoms with Gasteiger partial charge in [-0.05, 0) is 13.3 Å². The smallest absolute Gasteiger partial charge is 0.352 e. The van der Waals surface area contributed by atoms with E-state index < -0.39 is 54.0 Å². The Labute approximate surface area is 132 Å². The third-order valence-electron chi connectivity index (χ3n) is 4.21. The zero-order valence-electron chi connectivity index (χ0n) is 12.9. The Bertz CT molecular complexity index is 580. The maximum Gasteiger partial charge on any atom is 0.352 e. The fraction of sp³-hybridized carbons (Fsp3) is 0.600. The summed E-state index contributed by atoms with van der Waals surface area (Å²) < 4.78 is 14.9. The molecular weight excluding hydrogens is 308 g/mol. The van der Waals surface area contributed by atoms with Gasteiger partial charge in [0.15, 0.2) is 12.7 Å². The predicted molar refractivity (Wildman–Crippen MR) is 74.0 cm³/mol. The van der Waals surface area contributed by atoms with Crippen molar-refractivity contribution in [2.24, 2.45) is 11.8 Å². The summed E-state index contributed by atoms with van der Waals surface area (Å²) in [5.74, 6) is -4.54. The summed E-state index contributed by atoms with van der Waals surface area (Å²) in [7, 11) is 0. The largest absolute Gasteiger partial charge is 0.478 e. The van der Waals surface area contributed by atoms with Crippen LogP contribution in [0.1, 0.15) is 26.7 Å². The van der Waals surface area contributed by atoms with Gasteiger partial charge in [-0.1, -0.05) is 13.5 Å². The Hall–Kier alpha value is -2.38. The minimum absolute atomic E-state index is 0.0110. The molecule has 8 nitrogen and oxygen atoms in total. The van der Waals surface area contributed by atoms with Crippen LogP contribution in [0, 0.1) is 11.8 Å². The molecule has 0 spiro atoms. The van der Waals surface area contributed by atoms with Crippen LogP contribution in [0.4, 0.5) is 0 Å². The fourth-order valence-corrected chi connectivity index (χ4v) is 3.16. The second-order valence-corrected chi connectivity index (χ2v) is 5.94. The van der Waals surface area contributed by atoms with Gasteiger partial charge < -0.3 is 19.3 Å². The molecule has 1 aliphatic heterocycles. The predicted octanol–water partition coefficient (Wildman–Crippen LogP) is 0.444. The van der Waals surface area contributed by atoms with Gasteiger partial charge in [-0.15, -0.1) is 0 Å². The van der Waals surface area contributed by atoms with Crippen molar-refractivity contribution < 1.29 is 38.5 Å². The van der Waals surface area contributed by atoms with E-state index in [1.165, 1.54) is 6.92 Å². The third-order valence-corrected chi connectivity index (χ3v) is 4.21. The number of carbonyl (C=O) groups excluding carboxylic acids is 3. The summed E-state index contributed by atoms with van der Waals surface area (Å²) in [4.78, 5) is 46.4. The SMILES string of the molecule is C=C(C)C(=O)OCC(=O)OC1C2CC(=O)OC1(C(=O)O)C(C)C2. The number of ether oxygens (including phenoxy) is 3. The molecule has 1 aliphatic carbocycles. The molecule has 126 valence electrons. The molecular formula is C15H18O8. The van der Waals surface area contributed by atoms with Crippen LogP contribution < -0.4 is 0 Å². The first-order valence-corrected chi connectivity index (χ1v) is 7.15. The maximum atomic E-state index is 11.8. The van der Waals surface area contributed by atoms with Crippen molar-refractivity contribution >= 4 is 23.9 Å². The molecule has 0 aromatic rings. The monoisotopic (exact) mass is 326 g/mol. The van der Waals surface area contributed by atoms with E-state index in [0.717, 1.165) is 0 Å². The van der Waals surface area contributed by atoms with Crippen LogP contribution in [0.15, 0.2) is 12.2 Å². The summed E-state index contributed by atoms with van der Waals surface area (Å²) in [6.07, 6.45) is -0.714. The quantitative estimate of drug-likeness (QED) is 0.439. The molecule has 2 fully saturated rings. The Morgan fingerprint density at radius 3 is 2.65 bits per heavy atom. The average molecular weight is 326 g/mol. The molecule has 1 saturated heterocycles. The molecule has 0 radical (unpaired) electrons. The van der Waals surface area contributed by atoms with E-state index in [1.54, 1.807) is 6.92 Å². The topological polar surface area (TPSA) is 116 Å². The maximum absolute atomic E-state index is 11.8. The summed E-state index contributed by atoms with van der Waals surface area (Å²) in [5, 5.41) is 9.51. The number of carboxylic acids is 1. The number of hydrogen-bond acceptors (Lipinski definition) is 7. The van der Waals surface area contributed by atoms with Gasteiger partial charge in [0.05, 0.1) is 6.42 Å². The van der Waals surface area contributed by atoms with E-state index in [0.29, 0.717) is 6.42 Å². The lowest BCUT2D eigenvalue weighted by molar-refractivity contribution is -0.213. The summed E-state index contributed by atoms with van der Waals surface area (Å²) in [5.41, 5.74) is -1.76. The van der Waals surface area contributed by atoms with E-state index >= 15 is 0 Å². The normalized spacial score (nSPS) is 31.9. The van der Waals surface area contributed by atoms with Crippen molar-refractivity contribution in [2.75, 3.05) is 6.61 Å². The standard InChI is InChI=1S/C15H18O8/c1-7(2)13(18)21-6-11(17)22-12-9-4-8(3)15(12,14(19)20)23-10(16)5-9/h8-9,12H,1,4-6H2,2-3H3,(H,19,20). The third kappa shape index (κ3) is 2.93. The van der Waals surface area contributed by atoms with Gasteiger partial charge in [0.1, 0.15) is 0 Å². The lowest BCUT2D eigenvalue weighted by atomic mass is 9.87. The van der Waals surface area contributed by atoms with Gasteiger partial charge >= 0.3 is 23.9 Å². The molecule has 2 rings (SSSR count). The Morgan fingerprint density at radius 2 is 2.09 bits per heavy atom. The first kappa shape index (κ1) is 17.0. The van der Waals surface area contributed by atoms with E-state index in [9.17, 15) is 24.3 Å². The zero-order chi connectivity index (χ0) is 17.4. The van der Waals surface area contributed by atoms with Gasteiger partial charge in [0.2, 0.25) is 5.60 Å². The highest BCUT2D eigenvalue weighted by Crippen LogP contribution is 2.49. The van der Waals surface area contributed by atoms with Crippen LogP contribution in [0.2, 0.25) is 0 Å². The number of rotatable bonds is 5. The summed E-state index contributed by atoms with van der Waals surface area (Å²) in [6.45, 7) is 5.77. The van der Waals surface area contributed by atoms with E-state index in [4.69, 9.17) is 9.47 Å². The average Bonchev–Trinajstić information content (AvgIpc) is 2.62. The second kappa shape index (κ2) is 6.02. The molecule has 0 aromatic heterocycles. The molecule has 1 saturated carbocycles. The lowest BCUT2D eigenvalue weighted by Gasteiger charge is -2.37. The number of carbonyl (C=O) groups is 4. The van der Waals surface area contributed by atoms with Crippen molar-refractivity contribution in [3.8, 4) is 0 Å². The minimum atomic E-state index is -1.88. The molecule has 1 heterocycles. The highest BCUT2D eigenvalue weighted by molar-refractivity contribution is 5.89. The Balaban J connectivity index is 2.10. The number of hydrogen-bond donors (Lipinski definition) is 1. The van der Waals surface area contributed by atoms with Crippen LogP contribution in [0.25, 0.3) is 0 Å². The first-order valence-electron chi connectivity index (χ1n) is 7.15. The molecule has 1 N–H and O–H groups in total. The molecule has 2 bridgehead atoms. The summed E-state index contributed by atoms with van der Waals surface area (Å²) in [6, 6.07) is 0. The van der Waals surface area contributed by atoms with Crippen molar-refractivity contribution in [3.05, 3.63) is 12.2 Å². The Kier molecular flexibility index (Phi) is 4.44. The lowest BCUT2D eigenvalue weighted by Crippen LogP contribution is -2.58. The van der Waals surface area contributed by atoms with E-state index in [2.05, 4.69) is 11.3 Å². The van der Waals surface area contributed by atoms with Crippen molar-refractivity contribution in [1.29, 1.82) is 0 Å². The molecule has 23 heavy (non-hydrogen) atoms. The van der Waals surface area contributed by atoms with Crippen LogP contribution in [0.3, 0.4) is 0 Å². The van der Waals surface area contributed by atoms with Crippen molar-refractivity contribution in [1.82, 2.24) is 0 Å². The zero-order valence-corrected chi connectivity index (χ0v) is 12.9. The number of fused-ring (bicyclic) bond motifs is 2. The van der Waals surface area contributed by atoms with Crippen LogP contribution in [-0.2, 0) is 33.4 Å². The van der Waals surface area contributed by atoms with Gasteiger partial charge in [0.25, 0.3) is 0 Å². The molecule has 8 heteroatoms. The van der Waals surface area contributed by atoms with Crippen molar-refractivity contribution in [2.45, 2.75) is 38.4 Å². The minimum Gasteiger partial charge on any atom is -0.478 e. The molecule has 2 aliphatic rings. The van der Waals surface area contributed by atoms with E-state index in [-0.39, 0.29) is 12.0 Å². The number of aliphatic carboxylic acids is 1. The summed E-state index contributed by atoms with van der Waals surface area (Å²) >= 11 is 0. The van der Waals surface area contributed by atoms with Gasteiger partial charge in [0, 0.05) is 17.4 Å². The van der Waals surface area contributed by atoms with Crippen molar-refractivity contribution in [3.63, 3.8) is 0 Å². The van der Waals surface area contributed by atoms with Crippen LogP contribution >= 0.6 is 0 Å². The first-order chi connectivity index (χ1) is 10.7. The molecule has 0 amide bonds. The Morgan fingerprint density at radius 1 is 1.43 bits per heavy atom.